The first-order chi connectivity index (χ1) is 28.1. The highest BCUT2D eigenvalue weighted by molar-refractivity contribution is 7.20. The van der Waals surface area contributed by atoms with Gasteiger partial charge in [-0.1, -0.05) is 30.3 Å². The molecule has 316 valence electrons. The first kappa shape index (κ1) is 44.9. The van der Waals surface area contributed by atoms with Crippen molar-refractivity contribution in [3.05, 3.63) is 177 Å². The van der Waals surface area contributed by atoms with E-state index in [1.165, 1.54) is 5.56 Å². The average Bonchev–Trinajstić information content (AvgIpc) is 3.24. The fourth-order valence-electron chi connectivity index (χ4n) is 6.36. The summed E-state index contributed by atoms with van der Waals surface area (Å²) >= 11 is 0. The Hall–Kier alpha value is -6.20. The number of nitrogens with zero attached hydrogens (tertiary/aromatic N) is 2. The average molecular weight is 880 g/mol. The van der Waals surface area contributed by atoms with Gasteiger partial charge in [0.25, 0.3) is 0 Å². The van der Waals surface area contributed by atoms with Crippen LogP contribution in [0.1, 0.15) is 11.3 Å². The van der Waals surface area contributed by atoms with E-state index < -0.39 is 144 Å². The Labute approximate surface area is 320 Å². The van der Waals surface area contributed by atoms with Crippen LogP contribution in [0.15, 0.2) is 48.9 Å². The zero-order valence-electron chi connectivity index (χ0n) is 28.5. The van der Waals surface area contributed by atoms with Gasteiger partial charge in [0.15, 0.2) is 82.5 Å². The first-order valence-electron chi connectivity index (χ1n) is 15.8. The van der Waals surface area contributed by atoms with E-state index >= 15 is 35.1 Å². The summed E-state index contributed by atoms with van der Waals surface area (Å²) in [7, 11) is 0. The Morgan fingerprint density at radius 1 is 0.400 bits per heavy atom. The largest absolute Gasteiger partial charge is 0.385 e. The van der Waals surface area contributed by atoms with Crippen LogP contribution in [0, 0.1) is 116 Å². The van der Waals surface area contributed by atoms with Crippen molar-refractivity contribution in [2.45, 2.75) is 13.2 Å². The van der Waals surface area contributed by atoms with E-state index in [2.05, 4.69) is 17.1 Å². The molecule has 6 rings (SSSR count). The van der Waals surface area contributed by atoms with Crippen molar-refractivity contribution in [3.63, 3.8) is 0 Å². The highest BCUT2D eigenvalue weighted by Crippen LogP contribution is 2.30. The molecule has 1 N–H and O–H groups in total. The molecular formula is C36H13BF20N2O. The van der Waals surface area contributed by atoms with Gasteiger partial charge in [0, 0.05) is 5.56 Å². The minimum absolute atomic E-state index is 0.0146. The third kappa shape index (κ3) is 6.94. The van der Waals surface area contributed by atoms with Gasteiger partial charge in [-0.25, -0.2) is 87.8 Å². The number of hydrogen-bond acceptors (Lipinski definition) is 2. The summed E-state index contributed by atoms with van der Waals surface area (Å²) in [4.78, 5) is 3.98. The molecule has 0 aliphatic rings. The number of aliphatic hydroxyl groups excluding tert-OH is 1. The molecule has 0 bridgehead atoms. The van der Waals surface area contributed by atoms with Gasteiger partial charge in [-0.15, -0.1) is 21.9 Å². The van der Waals surface area contributed by atoms with Crippen molar-refractivity contribution in [3.8, 4) is 0 Å². The molecule has 0 aliphatic heterocycles. The fourth-order valence-corrected chi connectivity index (χ4v) is 6.36. The molecule has 24 heteroatoms. The van der Waals surface area contributed by atoms with Crippen LogP contribution in [0.3, 0.4) is 0 Å². The lowest BCUT2D eigenvalue weighted by Gasteiger charge is -2.44. The van der Waals surface area contributed by atoms with Crippen LogP contribution in [-0.2, 0) is 13.2 Å². The summed E-state index contributed by atoms with van der Waals surface area (Å²) in [6.07, 6.45) is -1.94. The van der Waals surface area contributed by atoms with Crippen molar-refractivity contribution in [2.24, 2.45) is 0 Å². The lowest BCUT2D eigenvalue weighted by atomic mass is 9.12. The highest BCUT2D eigenvalue weighted by atomic mass is 19.2. The van der Waals surface area contributed by atoms with Crippen LogP contribution < -0.4 is 26.4 Å². The topological polar surface area (TPSA) is 37.0 Å². The van der Waals surface area contributed by atoms with Gasteiger partial charge in [-0.05, 0) is 0 Å². The van der Waals surface area contributed by atoms with Gasteiger partial charge in [0.1, 0.15) is 59.3 Å². The molecule has 0 atom stereocenters. The SMILES string of the molecule is Fc1c(F)c(F)c([B-](c2c(F)c(F)c(F)c(F)c2F)(c2c(F)c(F)c(F)c(F)c2F)c2c(F)c(F)c(F)c(F)c2F)c(F)c1F.OCc1cncc[n+]1Cc1ccccc1. The molecule has 6 aromatic rings. The van der Waals surface area contributed by atoms with Gasteiger partial charge < -0.3 is 5.11 Å². The van der Waals surface area contributed by atoms with E-state index in [1.54, 1.807) is 12.4 Å². The Morgan fingerprint density at radius 3 is 0.933 bits per heavy atom. The van der Waals surface area contributed by atoms with Crippen LogP contribution in [0.5, 0.6) is 0 Å². The standard InChI is InChI=1S/C24BF20.C12H13N2O/c26-5-1(6(27)14(35)21(42)13(5)34)25(2-7(28)15(36)22(43)16(37)8(2)29,3-9(30)17(38)23(44)18(39)10(3)31)4-11(32)19(40)24(45)20(41)12(4)33;15-10-12-8-13-6-7-14(12)9-11-4-2-1-3-5-11/h;1-8,15H,9-10H2/q-1;+1. The molecule has 1 aromatic heterocycles. The summed E-state index contributed by atoms with van der Waals surface area (Å²) < 4.78 is 296. The van der Waals surface area contributed by atoms with Gasteiger partial charge in [0.2, 0.25) is 5.69 Å². The van der Waals surface area contributed by atoms with Gasteiger partial charge in [-0.2, -0.15) is 4.57 Å². The van der Waals surface area contributed by atoms with Crippen LogP contribution in [-0.4, -0.2) is 16.2 Å². The third-order valence-electron chi connectivity index (χ3n) is 8.99. The maximum atomic E-state index is 15.4. The molecule has 3 nitrogen and oxygen atoms in total. The number of rotatable bonds is 7. The van der Waals surface area contributed by atoms with Crippen LogP contribution in [0.4, 0.5) is 87.8 Å². The van der Waals surface area contributed by atoms with Crippen LogP contribution >= 0.6 is 0 Å². The molecule has 0 amide bonds. The fraction of sp³-hybridized carbons (Fsp3) is 0.0556. The minimum Gasteiger partial charge on any atom is -0.385 e. The number of benzene rings is 5. The summed E-state index contributed by atoms with van der Waals surface area (Å²) in [5.41, 5.74) is -12.3. The van der Waals surface area contributed by atoms with Crippen molar-refractivity contribution in [2.75, 3.05) is 0 Å². The third-order valence-corrected chi connectivity index (χ3v) is 8.99. The molecule has 0 radical (unpaired) electrons. The monoisotopic (exact) mass is 880 g/mol. The van der Waals surface area contributed by atoms with Gasteiger partial charge >= 0.3 is 0 Å². The van der Waals surface area contributed by atoms with Gasteiger partial charge in [0.05, 0.1) is 12.4 Å². The molecule has 5 aromatic carbocycles. The maximum absolute atomic E-state index is 15.4. The zero-order valence-corrected chi connectivity index (χ0v) is 28.5. The second-order valence-corrected chi connectivity index (χ2v) is 12.1. The van der Waals surface area contributed by atoms with E-state index in [1.807, 2.05) is 29.0 Å². The van der Waals surface area contributed by atoms with E-state index in [0.29, 0.717) is 0 Å². The van der Waals surface area contributed by atoms with Crippen LogP contribution in [0.25, 0.3) is 0 Å². The summed E-state index contributed by atoms with van der Waals surface area (Å²) in [6.45, 7) is 0.778. The quantitative estimate of drug-likeness (QED) is 0.0634. The van der Waals surface area contributed by atoms with E-state index in [9.17, 15) is 52.7 Å². The van der Waals surface area contributed by atoms with Gasteiger partial charge in [-0.3, -0.25) is 4.98 Å². The Morgan fingerprint density at radius 2 is 0.667 bits per heavy atom. The van der Waals surface area contributed by atoms with Crippen molar-refractivity contribution in [1.29, 1.82) is 0 Å². The first-order valence-corrected chi connectivity index (χ1v) is 15.8. The second-order valence-electron chi connectivity index (χ2n) is 12.1. The molecule has 0 unspecified atom stereocenters. The number of aromatic nitrogens is 2. The summed E-state index contributed by atoms with van der Waals surface area (Å²) in [5.74, 6) is -71.4. The minimum atomic E-state index is -7.22. The second kappa shape index (κ2) is 16.8. The Bertz CT molecular complexity index is 2300. The zero-order chi connectivity index (χ0) is 44.9. The predicted octanol–water partition coefficient (Wildman–Crippen LogP) is 6.76. The molecule has 0 aliphatic carbocycles. The van der Waals surface area contributed by atoms with Crippen molar-refractivity contribution in [1.82, 2.24) is 4.98 Å². The van der Waals surface area contributed by atoms with E-state index in [0.717, 1.165) is 12.2 Å². The molecule has 60 heavy (non-hydrogen) atoms. The molecule has 0 saturated heterocycles. The molecule has 1 heterocycles. The molecule has 0 spiro atoms. The maximum Gasteiger partial charge on any atom is 0.225 e. The lowest BCUT2D eigenvalue weighted by Crippen LogP contribution is -2.81. The van der Waals surface area contributed by atoms with Crippen LogP contribution in [0.2, 0.25) is 0 Å². The molecule has 0 fully saturated rings. The van der Waals surface area contributed by atoms with Crippen molar-refractivity contribution < 1.29 is 97.5 Å². The summed E-state index contributed by atoms with van der Waals surface area (Å²) in [5, 5.41) is 9.14. The number of halogens is 20. The Balaban J connectivity index is 0.000000379. The van der Waals surface area contributed by atoms with Crippen molar-refractivity contribution >= 4 is 28.0 Å². The van der Waals surface area contributed by atoms with E-state index in [-0.39, 0.29) is 6.61 Å². The highest BCUT2D eigenvalue weighted by Gasteiger charge is 2.52. The molecule has 0 saturated carbocycles. The summed E-state index contributed by atoms with van der Waals surface area (Å²) in [6, 6.07) is 10.1. The number of hydrogen-bond donors (Lipinski definition) is 1. The molecular weight excluding hydrogens is 867 g/mol. The Kier molecular flexibility index (Phi) is 12.6. The van der Waals surface area contributed by atoms with E-state index in [4.69, 9.17) is 5.11 Å². The smallest absolute Gasteiger partial charge is 0.225 e. The lowest BCUT2D eigenvalue weighted by molar-refractivity contribution is -0.698. The number of aliphatic hydroxyl groups is 1. The predicted molar refractivity (Wildman–Crippen MR) is 165 cm³/mol. The normalized spacial score (nSPS) is 11.6.